The summed E-state index contributed by atoms with van der Waals surface area (Å²) in [5.74, 6) is -0.917. The molecule has 1 fully saturated rings. The second kappa shape index (κ2) is 3.59. The summed E-state index contributed by atoms with van der Waals surface area (Å²) in [6.07, 6.45) is 3.72. The average Bonchev–Trinajstić information content (AvgIpc) is 3.09. The van der Waals surface area contributed by atoms with Crippen molar-refractivity contribution in [2.24, 2.45) is 12.8 Å². The first-order chi connectivity index (χ1) is 8.54. The van der Waals surface area contributed by atoms with Gasteiger partial charge in [-0.2, -0.15) is 0 Å². The van der Waals surface area contributed by atoms with Crippen molar-refractivity contribution < 1.29 is 9.90 Å². The molecule has 1 aliphatic carbocycles. The molecule has 1 heterocycles. The van der Waals surface area contributed by atoms with Crippen LogP contribution in [0.3, 0.4) is 0 Å². The third kappa shape index (κ3) is 1.46. The Hall–Kier alpha value is -1.81. The highest BCUT2D eigenvalue weighted by Gasteiger charge is 2.52. The number of hydrogen-bond acceptors (Lipinski definition) is 2. The fraction of sp³-hybridized carbons (Fsp3) is 0.357. The summed E-state index contributed by atoms with van der Waals surface area (Å²) >= 11 is 0. The van der Waals surface area contributed by atoms with E-state index in [9.17, 15) is 4.79 Å². The zero-order chi connectivity index (χ0) is 12.9. The second-order valence-corrected chi connectivity index (χ2v) is 5.17. The van der Waals surface area contributed by atoms with Gasteiger partial charge in [0, 0.05) is 24.2 Å². The maximum Gasteiger partial charge on any atom is 0.321 e. The third-order valence-corrected chi connectivity index (χ3v) is 4.11. The summed E-state index contributed by atoms with van der Waals surface area (Å²) in [7, 11) is 1.99. The molecule has 1 aliphatic rings. The zero-order valence-electron chi connectivity index (χ0n) is 10.3. The highest BCUT2D eigenvalue weighted by Crippen LogP contribution is 2.50. The summed E-state index contributed by atoms with van der Waals surface area (Å²) < 4.78 is 2.04. The van der Waals surface area contributed by atoms with E-state index in [1.807, 2.05) is 29.9 Å². The topological polar surface area (TPSA) is 68.2 Å². The predicted molar refractivity (Wildman–Crippen MR) is 69.4 cm³/mol. The molecular weight excluding hydrogens is 228 g/mol. The standard InChI is InChI=1S/C14H16N2O2/c1-16-7-4-9-2-3-10(8-11(9)16)14(5-6-14)12(15)13(17)18/h2-4,7-8,12H,5-6,15H2,1H3,(H,17,18). The van der Waals surface area contributed by atoms with Crippen LogP contribution in [0, 0.1) is 0 Å². The number of benzene rings is 1. The van der Waals surface area contributed by atoms with Gasteiger partial charge in [0.25, 0.3) is 0 Å². The minimum Gasteiger partial charge on any atom is -0.480 e. The van der Waals surface area contributed by atoms with Crippen LogP contribution >= 0.6 is 0 Å². The van der Waals surface area contributed by atoms with Gasteiger partial charge in [-0.3, -0.25) is 4.79 Å². The van der Waals surface area contributed by atoms with Crippen LogP contribution in [-0.2, 0) is 17.3 Å². The quantitative estimate of drug-likeness (QED) is 0.862. The number of carboxylic acids is 1. The molecule has 0 bridgehead atoms. The van der Waals surface area contributed by atoms with Gasteiger partial charge in [-0.1, -0.05) is 12.1 Å². The molecule has 3 rings (SSSR count). The lowest BCUT2D eigenvalue weighted by Crippen LogP contribution is -2.41. The van der Waals surface area contributed by atoms with Gasteiger partial charge in [-0.25, -0.2) is 0 Å². The molecule has 1 aromatic carbocycles. The van der Waals surface area contributed by atoms with Crippen molar-refractivity contribution in [1.82, 2.24) is 4.57 Å². The number of carbonyl (C=O) groups is 1. The number of nitrogens with two attached hydrogens (primary N) is 1. The molecule has 4 heteroatoms. The molecule has 18 heavy (non-hydrogen) atoms. The monoisotopic (exact) mass is 244 g/mol. The minimum absolute atomic E-state index is 0.357. The van der Waals surface area contributed by atoms with E-state index in [4.69, 9.17) is 10.8 Å². The maximum atomic E-state index is 11.1. The predicted octanol–water partition coefficient (Wildman–Crippen LogP) is 1.62. The summed E-state index contributed by atoms with van der Waals surface area (Å²) in [6, 6.07) is 7.37. The smallest absolute Gasteiger partial charge is 0.321 e. The van der Waals surface area contributed by atoms with E-state index < -0.39 is 12.0 Å². The molecule has 94 valence electrons. The number of carboxylic acid groups (broad SMARTS) is 1. The summed E-state index contributed by atoms with van der Waals surface area (Å²) in [5, 5.41) is 10.3. The molecule has 0 amide bonds. The van der Waals surface area contributed by atoms with Gasteiger partial charge >= 0.3 is 5.97 Å². The molecule has 1 unspecified atom stereocenters. The van der Waals surface area contributed by atoms with Crippen LogP contribution in [0.4, 0.5) is 0 Å². The normalized spacial score (nSPS) is 18.8. The van der Waals surface area contributed by atoms with Crippen molar-refractivity contribution >= 4 is 16.9 Å². The van der Waals surface area contributed by atoms with Gasteiger partial charge in [0.1, 0.15) is 6.04 Å². The molecule has 4 nitrogen and oxygen atoms in total. The summed E-state index contributed by atoms with van der Waals surface area (Å²) in [6.45, 7) is 0. The number of aromatic nitrogens is 1. The van der Waals surface area contributed by atoms with Crippen molar-refractivity contribution in [3.05, 3.63) is 36.0 Å². The number of aryl methyl sites for hydroxylation is 1. The van der Waals surface area contributed by atoms with Crippen molar-refractivity contribution in [2.45, 2.75) is 24.3 Å². The van der Waals surface area contributed by atoms with E-state index in [1.165, 1.54) is 5.39 Å². The Morgan fingerprint density at radius 2 is 2.17 bits per heavy atom. The largest absolute Gasteiger partial charge is 0.480 e. The van der Waals surface area contributed by atoms with Crippen molar-refractivity contribution in [3.63, 3.8) is 0 Å². The third-order valence-electron chi connectivity index (χ3n) is 4.11. The van der Waals surface area contributed by atoms with Crippen LogP contribution in [-0.4, -0.2) is 21.7 Å². The van der Waals surface area contributed by atoms with Gasteiger partial charge < -0.3 is 15.4 Å². The fourth-order valence-corrected chi connectivity index (χ4v) is 2.72. The number of rotatable bonds is 3. The molecule has 1 aromatic heterocycles. The Bertz CT molecular complexity index is 626. The van der Waals surface area contributed by atoms with Crippen molar-refractivity contribution in [3.8, 4) is 0 Å². The first kappa shape index (κ1) is 11.3. The van der Waals surface area contributed by atoms with Gasteiger partial charge in [0.15, 0.2) is 0 Å². The summed E-state index contributed by atoms with van der Waals surface area (Å²) in [4.78, 5) is 11.1. The van der Waals surface area contributed by atoms with Crippen LogP contribution in [0.25, 0.3) is 10.9 Å². The van der Waals surface area contributed by atoms with Crippen LogP contribution in [0.2, 0.25) is 0 Å². The van der Waals surface area contributed by atoms with Gasteiger partial charge in [0.2, 0.25) is 0 Å². The lowest BCUT2D eigenvalue weighted by molar-refractivity contribution is -0.139. The summed E-state index contributed by atoms with van der Waals surface area (Å²) in [5.41, 5.74) is 7.65. The first-order valence-corrected chi connectivity index (χ1v) is 6.08. The van der Waals surface area contributed by atoms with Gasteiger partial charge in [-0.05, 0) is 35.9 Å². The Kier molecular flexibility index (Phi) is 2.25. The zero-order valence-corrected chi connectivity index (χ0v) is 10.3. The van der Waals surface area contributed by atoms with Crippen LogP contribution in [0.5, 0.6) is 0 Å². The molecule has 1 atom stereocenters. The van der Waals surface area contributed by atoms with Gasteiger partial charge in [0.05, 0.1) is 0 Å². The van der Waals surface area contributed by atoms with Crippen molar-refractivity contribution in [1.29, 1.82) is 0 Å². The SMILES string of the molecule is Cn1ccc2ccc(C3(C(N)C(=O)O)CC3)cc21. The Morgan fingerprint density at radius 1 is 1.44 bits per heavy atom. The molecule has 3 N–H and O–H groups in total. The first-order valence-electron chi connectivity index (χ1n) is 6.08. The maximum absolute atomic E-state index is 11.1. The van der Waals surface area contributed by atoms with Crippen molar-refractivity contribution in [2.75, 3.05) is 0 Å². The lowest BCUT2D eigenvalue weighted by Gasteiger charge is -2.20. The average molecular weight is 244 g/mol. The molecule has 0 spiro atoms. The van der Waals surface area contributed by atoms with E-state index >= 15 is 0 Å². The highest BCUT2D eigenvalue weighted by molar-refractivity contribution is 5.82. The van der Waals surface area contributed by atoms with Crippen LogP contribution in [0.15, 0.2) is 30.5 Å². The van der Waals surface area contributed by atoms with E-state index in [0.717, 1.165) is 23.9 Å². The lowest BCUT2D eigenvalue weighted by atomic mass is 9.88. The van der Waals surface area contributed by atoms with E-state index in [-0.39, 0.29) is 5.41 Å². The van der Waals surface area contributed by atoms with E-state index in [0.29, 0.717) is 0 Å². The van der Waals surface area contributed by atoms with Crippen LogP contribution < -0.4 is 5.73 Å². The number of fused-ring (bicyclic) bond motifs is 1. The van der Waals surface area contributed by atoms with E-state index in [1.54, 1.807) is 0 Å². The Labute approximate surface area is 105 Å². The molecule has 0 saturated heterocycles. The molecule has 0 aliphatic heterocycles. The molecule has 2 aromatic rings. The molecular formula is C14H16N2O2. The number of nitrogens with zero attached hydrogens (tertiary/aromatic N) is 1. The Morgan fingerprint density at radius 3 is 2.78 bits per heavy atom. The Balaban J connectivity index is 2.09. The number of hydrogen-bond donors (Lipinski definition) is 2. The molecule has 1 saturated carbocycles. The van der Waals surface area contributed by atoms with E-state index in [2.05, 4.69) is 12.1 Å². The molecule has 0 radical (unpaired) electrons. The fourth-order valence-electron chi connectivity index (χ4n) is 2.72. The number of aliphatic carboxylic acids is 1. The minimum atomic E-state index is -0.917. The van der Waals surface area contributed by atoms with Gasteiger partial charge in [-0.15, -0.1) is 0 Å². The van der Waals surface area contributed by atoms with Crippen LogP contribution in [0.1, 0.15) is 18.4 Å². The second-order valence-electron chi connectivity index (χ2n) is 5.17. The highest BCUT2D eigenvalue weighted by atomic mass is 16.4.